The molecule has 1 aliphatic heterocycles. The first-order valence-corrected chi connectivity index (χ1v) is 10.7. The molecule has 2 aromatic carbocycles. The number of guanidine groups is 1. The van der Waals surface area contributed by atoms with Crippen LogP contribution in [0.2, 0.25) is 0 Å². The van der Waals surface area contributed by atoms with E-state index in [4.69, 9.17) is 14.2 Å². The maximum absolute atomic E-state index is 5.64. The SMILES string of the molecule is CN=C(NCc1cccc(CN2CCOC(C)C2)c1)NCc1ccc(OC)cc1OC. The number of ether oxygens (including phenoxy) is 3. The van der Waals surface area contributed by atoms with Crippen molar-refractivity contribution in [3.8, 4) is 11.5 Å². The molecule has 0 radical (unpaired) electrons. The highest BCUT2D eigenvalue weighted by molar-refractivity contribution is 5.79. The monoisotopic (exact) mass is 426 g/mol. The number of morpholine rings is 1. The van der Waals surface area contributed by atoms with Crippen LogP contribution in [0.5, 0.6) is 11.5 Å². The van der Waals surface area contributed by atoms with E-state index in [-0.39, 0.29) is 0 Å². The molecule has 3 rings (SSSR count). The molecule has 0 aromatic heterocycles. The molecule has 31 heavy (non-hydrogen) atoms. The van der Waals surface area contributed by atoms with Crippen molar-refractivity contribution in [3.63, 3.8) is 0 Å². The fourth-order valence-corrected chi connectivity index (χ4v) is 3.71. The van der Waals surface area contributed by atoms with Gasteiger partial charge >= 0.3 is 0 Å². The first-order chi connectivity index (χ1) is 15.1. The van der Waals surface area contributed by atoms with Gasteiger partial charge in [0.15, 0.2) is 5.96 Å². The quantitative estimate of drug-likeness (QED) is 0.500. The Labute approximate surface area is 185 Å². The third kappa shape index (κ3) is 6.87. The normalized spacial score (nSPS) is 17.3. The van der Waals surface area contributed by atoms with Crippen LogP contribution in [0, 0.1) is 0 Å². The molecule has 1 unspecified atom stereocenters. The van der Waals surface area contributed by atoms with E-state index in [1.807, 2.05) is 18.2 Å². The van der Waals surface area contributed by atoms with Crippen molar-refractivity contribution in [2.75, 3.05) is 41.0 Å². The maximum Gasteiger partial charge on any atom is 0.191 e. The van der Waals surface area contributed by atoms with Gasteiger partial charge in [-0.3, -0.25) is 9.89 Å². The maximum atomic E-state index is 5.64. The number of methoxy groups -OCH3 is 2. The van der Waals surface area contributed by atoms with Gasteiger partial charge in [0.25, 0.3) is 0 Å². The van der Waals surface area contributed by atoms with Crippen LogP contribution in [-0.2, 0) is 24.4 Å². The lowest BCUT2D eigenvalue weighted by atomic mass is 10.1. The molecule has 7 heteroatoms. The molecule has 1 atom stereocenters. The van der Waals surface area contributed by atoms with E-state index >= 15 is 0 Å². The molecule has 0 amide bonds. The molecule has 7 nitrogen and oxygen atoms in total. The molecule has 0 bridgehead atoms. The summed E-state index contributed by atoms with van der Waals surface area (Å²) in [7, 11) is 5.08. The van der Waals surface area contributed by atoms with E-state index in [1.165, 1.54) is 11.1 Å². The number of hydrogen-bond donors (Lipinski definition) is 2. The van der Waals surface area contributed by atoms with E-state index in [9.17, 15) is 0 Å². The predicted octanol–water partition coefficient (Wildman–Crippen LogP) is 2.79. The van der Waals surface area contributed by atoms with Crippen LogP contribution in [0.25, 0.3) is 0 Å². The number of rotatable bonds is 8. The second-order valence-electron chi connectivity index (χ2n) is 7.69. The van der Waals surface area contributed by atoms with Crippen molar-refractivity contribution in [1.82, 2.24) is 15.5 Å². The first-order valence-electron chi connectivity index (χ1n) is 10.7. The van der Waals surface area contributed by atoms with Gasteiger partial charge in [0.2, 0.25) is 0 Å². The zero-order valence-electron chi connectivity index (χ0n) is 19.0. The Balaban J connectivity index is 1.52. The van der Waals surface area contributed by atoms with E-state index in [0.29, 0.717) is 19.2 Å². The van der Waals surface area contributed by atoms with Crippen LogP contribution in [0.4, 0.5) is 0 Å². The highest BCUT2D eigenvalue weighted by Crippen LogP contribution is 2.24. The summed E-state index contributed by atoms with van der Waals surface area (Å²) in [5.74, 6) is 2.30. The molecule has 2 aromatic rings. The number of hydrogen-bond acceptors (Lipinski definition) is 5. The minimum Gasteiger partial charge on any atom is -0.497 e. The van der Waals surface area contributed by atoms with Gasteiger partial charge in [-0.15, -0.1) is 0 Å². The van der Waals surface area contributed by atoms with Gasteiger partial charge in [0.05, 0.1) is 26.9 Å². The van der Waals surface area contributed by atoms with Crippen molar-refractivity contribution >= 4 is 5.96 Å². The van der Waals surface area contributed by atoms with Gasteiger partial charge < -0.3 is 24.8 Å². The Hall–Kier alpha value is -2.77. The van der Waals surface area contributed by atoms with Crippen LogP contribution in [-0.4, -0.2) is 57.9 Å². The zero-order chi connectivity index (χ0) is 22.1. The largest absolute Gasteiger partial charge is 0.497 e. The lowest BCUT2D eigenvalue weighted by Crippen LogP contribution is -2.40. The third-order valence-electron chi connectivity index (χ3n) is 5.35. The van der Waals surface area contributed by atoms with E-state index < -0.39 is 0 Å². The van der Waals surface area contributed by atoms with Crippen molar-refractivity contribution < 1.29 is 14.2 Å². The molecule has 0 spiro atoms. The Bertz CT molecular complexity index is 872. The Morgan fingerprint density at radius 3 is 2.65 bits per heavy atom. The third-order valence-corrected chi connectivity index (χ3v) is 5.35. The minimum absolute atomic E-state index is 0.303. The molecule has 1 heterocycles. The average molecular weight is 427 g/mol. The standard InChI is InChI=1S/C24H34N4O3/c1-18-16-28(10-11-31-18)17-20-7-5-6-19(12-20)14-26-24(25-2)27-15-21-8-9-22(29-3)13-23(21)30-4/h5-9,12-13,18H,10-11,14-17H2,1-4H3,(H2,25,26,27). The van der Waals surface area contributed by atoms with Gasteiger partial charge in [-0.1, -0.05) is 24.3 Å². The topological polar surface area (TPSA) is 67.4 Å². The summed E-state index contributed by atoms with van der Waals surface area (Å²) in [5, 5.41) is 6.74. The molecular weight excluding hydrogens is 392 g/mol. The number of aliphatic imine (C=N–C) groups is 1. The Kier molecular flexibility index (Phi) is 8.55. The fraction of sp³-hybridized carbons (Fsp3) is 0.458. The van der Waals surface area contributed by atoms with E-state index in [1.54, 1.807) is 21.3 Å². The van der Waals surface area contributed by atoms with Crippen LogP contribution in [0.15, 0.2) is 47.5 Å². The van der Waals surface area contributed by atoms with E-state index in [2.05, 4.69) is 51.7 Å². The second-order valence-corrected chi connectivity index (χ2v) is 7.69. The molecule has 0 saturated carbocycles. The minimum atomic E-state index is 0.303. The first kappa shape index (κ1) is 22.9. The summed E-state index contributed by atoms with van der Waals surface area (Å²) in [6, 6.07) is 14.5. The van der Waals surface area contributed by atoms with Gasteiger partial charge in [-0.25, -0.2) is 0 Å². The summed E-state index contributed by atoms with van der Waals surface area (Å²) < 4.78 is 16.4. The van der Waals surface area contributed by atoms with Crippen LogP contribution < -0.4 is 20.1 Å². The molecule has 0 aliphatic carbocycles. The summed E-state index contributed by atoms with van der Waals surface area (Å²) in [6.07, 6.45) is 0.303. The lowest BCUT2D eigenvalue weighted by molar-refractivity contribution is -0.0212. The molecular formula is C24H34N4O3. The van der Waals surface area contributed by atoms with Crippen molar-refractivity contribution in [1.29, 1.82) is 0 Å². The summed E-state index contributed by atoms with van der Waals surface area (Å²) in [4.78, 5) is 6.79. The smallest absolute Gasteiger partial charge is 0.191 e. The van der Waals surface area contributed by atoms with Crippen LogP contribution in [0.3, 0.4) is 0 Å². The van der Waals surface area contributed by atoms with Crippen molar-refractivity contribution in [3.05, 3.63) is 59.2 Å². The van der Waals surface area contributed by atoms with Crippen LogP contribution in [0.1, 0.15) is 23.6 Å². The summed E-state index contributed by atoms with van der Waals surface area (Å²) in [6.45, 7) is 7.16. The van der Waals surface area contributed by atoms with E-state index in [0.717, 1.165) is 49.3 Å². The number of nitrogens with one attached hydrogen (secondary N) is 2. The summed E-state index contributed by atoms with van der Waals surface area (Å²) >= 11 is 0. The van der Waals surface area contributed by atoms with Gasteiger partial charge in [-0.2, -0.15) is 0 Å². The predicted molar refractivity (Wildman–Crippen MR) is 124 cm³/mol. The van der Waals surface area contributed by atoms with Crippen molar-refractivity contribution in [2.45, 2.75) is 32.7 Å². The van der Waals surface area contributed by atoms with Crippen LogP contribution >= 0.6 is 0 Å². The molecule has 1 saturated heterocycles. The lowest BCUT2D eigenvalue weighted by Gasteiger charge is -2.31. The average Bonchev–Trinajstić information content (AvgIpc) is 2.79. The number of benzene rings is 2. The molecule has 1 fully saturated rings. The highest BCUT2D eigenvalue weighted by Gasteiger charge is 2.16. The number of nitrogens with zero attached hydrogens (tertiary/aromatic N) is 2. The molecule has 2 N–H and O–H groups in total. The van der Waals surface area contributed by atoms with Gasteiger partial charge in [0.1, 0.15) is 11.5 Å². The second kappa shape index (κ2) is 11.6. The molecule has 1 aliphatic rings. The summed E-state index contributed by atoms with van der Waals surface area (Å²) in [5.41, 5.74) is 3.58. The highest BCUT2D eigenvalue weighted by atomic mass is 16.5. The Morgan fingerprint density at radius 1 is 1.10 bits per heavy atom. The van der Waals surface area contributed by atoms with Gasteiger partial charge in [0, 0.05) is 51.4 Å². The van der Waals surface area contributed by atoms with Gasteiger partial charge in [-0.05, 0) is 30.2 Å². The Morgan fingerprint density at radius 2 is 1.90 bits per heavy atom. The fourth-order valence-electron chi connectivity index (χ4n) is 3.71. The zero-order valence-corrected chi connectivity index (χ0v) is 19.0. The molecule has 168 valence electrons. The van der Waals surface area contributed by atoms with Crippen molar-refractivity contribution in [2.24, 2.45) is 4.99 Å².